The van der Waals surface area contributed by atoms with E-state index in [1.54, 1.807) is 6.26 Å². The second-order valence-corrected chi connectivity index (χ2v) is 4.32. The first-order valence-electron chi connectivity index (χ1n) is 6.54. The van der Waals surface area contributed by atoms with Crippen molar-refractivity contribution in [3.63, 3.8) is 0 Å². The molecule has 0 atom stereocenters. The molecular weight excluding hydrogens is 212 g/mol. The monoisotopic (exact) mass is 236 g/mol. The predicted molar refractivity (Wildman–Crippen MR) is 72.2 cm³/mol. The molecule has 0 fully saturated rings. The summed E-state index contributed by atoms with van der Waals surface area (Å²) < 4.78 is 5.31. The highest BCUT2D eigenvalue weighted by Crippen LogP contribution is 2.15. The Morgan fingerprint density at radius 1 is 1.35 bits per heavy atom. The summed E-state index contributed by atoms with van der Waals surface area (Å²) in [5.41, 5.74) is 0. The van der Waals surface area contributed by atoms with Gasteiger partial charge in [-0.1, -0.05) is 26.7 Å². The minimum absolute atomic E-state index is 0.560. The molecule has 3 heteroatoms. The van der Waals surface area contributed by atoms with Gasteiger partial charge in [0.05, 0.1) is 18.6 Å². The summed E-state index contributed by atoms with van der Waals surface area (Å²) in [7, 11) is 1.86. The molecule has 1 aromatic rings. The molecule has 0 aliphatic heterocycles. The zero-order chi connectivity index (χ0) is 12.5. The summed E-state index contributed by atoms with van der Waals surface area (Å²) in [5, 5.41) is 3.40. The Balaban J connectivity index is 2.50. The molecule has 17 heavy (non-hydrogen) atoms. The first kappa shape index (κ1) is 13.8. The van der Waals surface area contributed by atoms with Gasteiger partial charge in [-0.2, -0.15) is 0 Å². The van der Waals surface area contributed by atoms with Crippen LogP contribution < -0.4 is 5.32 Å². The van der Waals surface area contributed by atoms with E-state index in [2.05, 4.69) is 24.2 Å². The fourth-order valence-electron chi connectivity index (χ4n) is 2.11. The zero-order valence-electron chi connectivity index (χ0n) is 11.2. The van der Waals surface area contributed by atoms with Crippen LogP contribution >= 0.6 is 0 Å². The van der Waals surface area contributed by atoms with Gasteiger partial charge in [0.2, 0.25) is 0 Å². The molecular formula is C14H24N2O. The van der Waals surface area contributed by atoms with Gasteiger partial charge in [-0.05, 0) is 25.0 Å². The molecule has 1 aromatic heterocycles. The van der Waals surface area contributed by atoms with Crippen molar-refractivity contribution in [2.45, 2.75) is 46.1 Å². The van der Waals surface area contributed by atoms with Gasteiger partial charge in [0, 0.05) is 13.0 Å². The molecule has 0 unspecified atom stereocenters. The molecule has 0 aliphatic rings. The molecule has 0 saturated carbocycles. The van der Waals surface area contributed by atoms with Crippen molar-refractivity contribution in [2.24, 2.45) is 10.9 Å². The van der Waals surface area contributed by atoms with Gasteiger partial charge >= 0.3 is 0 Å². The number of nitrogens with zero attached hydrogens (tertiary/aromatic N) is 1. The Bertz CT molecular complexity index is 311. The zero-order valence-corrected chi connectivity index (χ0v) is 11.2. The highest BCUT2D eigenvalue weighted by Gasteiger charge is 2.13. The summed E-state index contributed by atoms with van der Waals surface area (Å²) in [6, 6.07) is 3.89. The Kier molecular flexibility index (Phi) is 6.45. The minimum Gasteiger partial charge on any atom is -0.467 e. The van der Waals surface area contributed by atoms with Crippen molar-refractivity contribution in [1.29, 1.82) is 0 Å². The summed E-state index contributed by atoms with van der Waals surface area (Å²) in [4.78, 5) is 4.39. The van der Waals surface area contributed by atoms with Crippen molar-refractivity contribution in [3.8, 4) is 0 Å². The molecule has 0 amide bonds. The van der Waals surface area contributed by atoms with E-state index in [-0.39, 0.29) is 0 Å². The molecule has 0 radical (unpaired) electrons. The van der Waals surface area contributed by atoms with Crippen LogP contribution in [0, 0.1) is 5.92 Å². The van der Waals surface area contributed by atoms with Crippen LogP contribution in [0.15, 0.2) is 27.8 Å². The van der Waals surface area contributed by atoms with Gasteiger partial charge in [-0.3, -0.25) is 4.99 Å². The lowest BCUT2D eigenvalue weighted by molar-refractivity contribution is 0.492. The topological polar surface area (TPSA) is 37.5 Å². The van der Waals surface area contributed by atoms with E-state index in [9.17, 15) is 0 Å². The number of amidine groups is 1. The Labute approximate surface area is 104 Å². The Hall–Kier alpha value is -1.25. The van der Waals surface area contributed by atoms with Gasteiger partial charge in [0.25, 0.3) is 0 Å². The third kappa shape index (κ3) is 4.63. The highest BCUT2D eigenvalue weighted by molar-refractivity contribution is 5.84. The average Bonchev–Trinajstić information content (AvgIpc) is 2.83. The van der Waals surface area contributed by atoms with Crippen molar-refractivity contribution in [1.82, 2.24) is 5.32 Å². The quantitative estimate of drug-likeness (QED) is 0.580. The lowest BCUT2D eigenvalue weighted by Crippen LogP contribution is -2.30. The summed E-state index contributed by atoms with van der Waals surface area (Å²) in [6.45, 7) is 5.18. The van der Waals surface area contributed by atoms with Crippen molar-refractivity contribution in [2.75, 3.05) is 7.05 Å². The molecule has 1 heterocycles. The van der Waals surface area contributed by atoms with Crippen LogP contribution in [0.5, 0.6) is 0 Å². The number of hydrogen-bond acceptors (Lipinski definition) is 2. The van der Waals surface area contributed by atoms with E-state index in [0.717, 1.165) is 18.1 Å². The Morgan fingerprint density at radius 2 is 2.06 bits per heavy atom. The van der Waals surface area contributed by atoms with E-state index in [4.69, 9.17) is 4.42 Å². The van der Waals surface area contributed by atoms with E-state index in [1.807, 2.05) is 19.2 Å². The number of nitrogens with one attached hydrogen (secondary N) is 1. The van der Waals surface area contributed by atoms with Gasteiger partial charge in [-0.15, -0.1) is 0 Å². The van der Waals surface area contributed by atoms with Crippen LogP contribution in [0.25, 0.3) is 0 Å². The van der Waals surface area contributed by atoms with E-state index >= 15 is 0 Å². The average molecular weight is 236 g/mol. The van der Waals surface area contributed by atoms with E-state index in [1.165, 1.54) is 25.7 Å². The third-order valence-corrected chi connectivity index (χ3v) is 2.93. The summed E-state index contributed by atoms with van der Waals surface area (Å²) >= 11 is 0. The van der Waals surface area contributed by atoms with Gasteiger partial charge in [0.15, 0.2) is 0 Å². The van der Waals surface area contributed by atoms with Crippen LogP contribution in [-0.4, -0.2) is 12.9 Å². The number of aliphatic imine (C=N–C) groups is 1. The van der Waals surface area contributed by atoms with Gasteiger partial charge in [-0.25, -0.2) is 0 Å². The lowest BCUT2D eigenvalue weighted by atomic mass is 9.97. The molecule has 0 saturated heterocycles. The number of hydrogen-bond donors (Lipinski definition) is 1. The molecule has 0 aliphatic carbocycles. The maximum absolute atomic E-state index is 5.31. The largest absolute Gasteiger partial charge is 0.467 e. The van der Waals surface area contributed by atoms with E-state index in [0.29, 0.717) is 5.92 Å². The third-order valence-electron chi connectivity index (χ3n) is 2.93. The van der Waals surface area contributed by atoms with Crippen LogP contribution in [0.3, 0.4) is 0 Å². The number of furan rings is 1. The maximum Gasteiger partial charge on any atom is 0.122 e. The minimum atomic E-state index is 0.560. The molecule has 1 rings (SSSR count). The molecule has 0 aromatic carbocycles. The second-order valence-electron chi connectivity index (χ2n) is 4.32. The summed E-state index contributed by atoms with van der Waals surface area (Å²) in [5.74, 6) is 2.63. The van der Waals surface area contributed by atoms with Crippen LogP contribution in [0.2, 0.25) is 0 Å². The predicted octanol–water partition coefficient (Wildman–Crippen LogP) is 3.61. The van der Waals surface area contributed by atoms with Crippen LogP contribution in [-0.2, 0) is 6.54 Å². The van der Waals surface area contributed by atoms with Crippen molar-refractivity contribution >= 4 is 5.84 Å². The summed E-state index contributed by atoms with van der Waals surface area (Å²) in [6.07, 6.45) is 6.50. The normalized spacial score (nSPS) is 12.1. The SMILES string of the molecule is CCCC(CCC)C(=NC)NCc1ccco1. The molecule has 3 nitrogen and oxygen atoms in total. The fourth-order valence-corrected chi connectivity index (χ4v) is 2.11. The van der Waals surface area contributed by atoms with Gasteiger partial charge < -0.3 is 9.73 Å². The Morgan fingerprint density at radius 3 is 2.53 bits per heavy atom. The lowest BCUT2D eigenvalue weighted by Gasteiger charge is -2.18. The van der Waals surface area contributed by atoms with Crippen molar-refractivity contribution < 1.29 is 4.42 Å². The standard InChI is InChI=1S/C14H24N2O/c1-4-7-12(8-5-2)14(15-3)16-11-13-9-6-10-17-13/h6,9-10,12H,4-5,7-8,11H2,1-3H3,(H,15,16). The first-order chi connectivity index (χ1) is 8.31. The van der Waals surface area contributed by atoms with Crippen LogP contribution in [0.1, 0.15) is 45.3 Å². The molecule has 1 N–H and O–H groups in total. The molecule has 0 spiro atoms. The molecule has 96 valence electrons. The molecule has 0 bridgehead atoms. The highest BCUT2D eigenvalue weighted by atomic mass is 16.3. The fraction of sp³-hybridized carbons (Fsp3) is 0.643. The first-order valence-corrected chi connectivity index (χ1v) is 6.54. The smallest absolute Gasteiger partial charge is 0.122 e. The van der Waals surface area contributed by atoms with Crippen LogP contribution in [0.4, 0.5) is 0 Å². The maximum atomic E-state index is 5.31. The van der Waals surface area contributed by atoms with Crippen molar-refractivity contribution in [3.05, 3.63) is 24.2 Å². The van der Waals surface area contributed by atoms with Gasteiger partial charge in [0.1, 0.15) is 5.76 Å². The van der Waals surface area contributed by atoms with E-state index < -0.39 is 0 Å². The second kappa shape index (κ2) is 7.93. The number of rotatable bonds is 7.